The average molecular weight is 370 g/mol. The number of carbonyl (C=O) groups excluding carboxylic acids is 1. The largest absolute Gasteiger partial charge is 0.354 e. The summed E-state index contributed by atoms with van der Waals surface area (Å²) < 4.78 is 0. The Hall–Kier alpha value is -2.51. The van der Waals surface area contributed by atoms with Crippen LogP contribution in [0.3, 0.4) is 0 Å². The molecule has 26 heavy (non-hydrogen) atoms. The lowest BCUT2D eigenvalue weighted by Gasteiger charge is -2.23. The molecule has 0 radical (unpaired) electrons. The minimum Gasteiger partial charge on any atom is -0.354 e. The van der Waals surface area contributed by atoms with Crippen LogP contribution in [0.5, 0.6) is 0 Å². The van der Waals surface area contributed by atoms with Gasteiger partial charge in [-0.15, -0.1) is 11.3 Å². The third-order valence-corrected chi connectivity index (χ3v) is 5.22. The molecule has 1 amide bonds. The van der Waals surface area contributed by atoms with Crippen LogP contribution in [0, 0.1) is 0 Å². The second kappa shape index (κ2) is 8.25. The number of carbonyl (C=O) groups is 1. The van der Waals surface area contributed by atoms with Gasteiger partial charge in [-0.2, -0.15) is 0 Å². The quantitative estimate of drug-likeness (QED) is 0.669. The van der Waals surface area contributed by atoms with Crippen LogP contribution in [0.15, 0.2) is 46.6 Å². The number of benzene rings is 1. The van der Waals surface area contributed by atoms with Crippen LogP contribution in [0.1, 0.15) is 23.0 Å². The highest BCUT2D eigenvalue weighted by Gasteiger charge is 2.16. The van der Waals surface area contributed by atoms with Crippen LogP contribution < -0.4 is 10.9 Å². The molecule has 0 fully saturated rings. The molecule has 0 saturated carbocycles. The number of nitrogens with zero attached hydrogens (tertiary/aromatic N) is 2. The Kier molecular flexibility index (Phi) is 5.80. The molecule has 2 heterocycles. The highest BCUT2D eigenvalue weighted by Crippen LogP contribution is 2.22. The predicted octanol–water partition coefficient (Wildman–Crippen LogP) is 2.34. The Labute approximate surface area is 155 Å². The zero-order chi connectivity index (χ0) is 18.5. The summed E-state index contributed by atoms with van der Waals surface area (Å²) in [6.45, 7) is 0.536. The van der Waals surface area contributed by atoms with Crippen molar-refractivity contribution in [2.45, 2.75) is 18.9 Å². The molecule has 1 atom stereocenters. The first-order valence-corrected chi connectivity index (χ1v) is 9.37. The van der Waals surface area contributed by atoms with E-state index in [0.29, 0.717) is 24.2 Å². The van der Waals surface area contributed by atoms with Crippen LogP contribution in [-0.4, -0.2) is 41.4 Å². The van der Waals surface area contributed by atoms with Gasteiger partial charge in [0.1, 0.15) is 5.69 Å². The molecule has 0 aliphatic rings. The number of aromatic nitrogens is 2. The van der Waals surface area contributed by atoms with Crippen LogP contribution >= 0.6 is 11.3 Å². The number of rotatable bonds is 7. The summed E-state index contributed by atoms with van der Waals surface area (Å²) in [6, 6.07) is 11.6. The zero-order valence-electron chi connectivity index (χ0n) is 14.9. The summed E-state index contributed by atoms with van der Waals surface area (Å²) in [6.07, 6.45) is 0.552. The number of thiophene rings is 1. The van der Waals surface area contributed by atoms with Crippen molar-refractivity contribution in [1.29, 1.82) is 0 Å². The molecule has 0 aliphatic carbocycles. The number of hydrogen-bond donors (Lipinski definition) is 2. The number of H-pyrrole nitrogens is 1. The molecule has 136 valence electrons. The normalized spacial score (nSPS) is 12.4. The van der Waals surface area contributed by atoms with E-state index in [1.807, 2.05) is 49.8 Å². The number of hydrogen-bond acceptors (Lipinski definition) is 5. The smallest absolute Gasteiger partial charge is 0.270 e. The maximum Gasteiger partial charge on any atom is 0.270 e. The molecule has 3 aromatic rings. The van der Waals surface area contributed by atoms with Crippen LogP contribution in [0.25, 0.3) is 11.0 Å². The third kappa shape index (κ3) is 4.36. The van der Waals surface area contributed by atoms with Crippen molar-refractivity contribution in [1.82, 2.24) is 20.2 Å². The fourth-order valence-corrected chi connectivity index (χ4v) is 3.71. The molecule has 3 rings (SSSR count). The van der Waals surface area contributed by atoms with E-state index < -0.39 is 0 Å². The van der Waals surface area contributed by atoms with Crippen LogP contribution in [-0.2, 0) is 11.2 Å². The van der Waals surface area contributed by atoms with E-state index in [2.05, 4.69) is 26.3 Å². The summed E-state index contributed by atoms with van der Waals surface area (Å²) in [4.78, 5) is 34.8. The molecule has 2 N–H and O–H groups in total. The molecule has 0 saturated heterocycles. The van der Waals surface area contributed by atoms with Crippen molar-refractivity contribution in [2.75, 3.05) is 20.6 Å². The standard InChI is InChI=1S/C19H22N4O2S/c1-23(2)16(17-8-5-11-26-17)12-20-18(24)10-9-15-19(25)22-14-7-4-3-6-13(14)21-15/h3-8,11,16H,9-10,12H2,1-2H3,(H,20,24)(H,22,25)/t16-/m1/s1. The van der Waals surface area contributed by atoms with Gasteiger partial charge in [-0.05, 0) is 37.7 Å². The molecule has 2 aromatic heterocycles. The van der Waals surface area contributed by atoms with E-state index in [4.69, 9.17) is 0 Å². The Morgan fingerprint density at radius 3 is 2.81 bits per heavy atom. The second-order valence-corrected chi connectivity index (χ2v) is 7.31. The van der Waals surface area contributed by atoms with Gasteiger partial charge in [-0.1, -0.05) is 18.2 Å². The van der Waals surface area contributed by atoms with Crippen molar-refractivity contribution in [3.05, 3.63) is 62.7 Å². The first-order valence-electron chi connectivity index (χ1n) is 8.49. The van der Waals surface area contributed by atoms with Crippen molar-refractivity contribution in [3.8, 4) is 0 Å². The van der Waals surface area contributed by atoms with Gasteiger partial charge in [0.25, 0.3) is 5.56 Å². The van der Waals surface area contributed by atoms with Crippen molar-refractivity contribution in [3.63, 3.8) is 0 Å². The van der Waals surface area contributed by atoms with Crippen molar-refractivity contribution >= 4 is 28.3 Å². The number of amides is 1. The fourth-order valence-electron chi connectivity index (χ4n) is 2.79. The van der Waals surface area contributed by atoms with Crippen molar-refractivity contribution < 1.29 is 4.79 Å². The lowest BCUT2D eigenvalue weighted by Crippen LogP contribution is -2.34. The highest BCUT2D eigenvalue weighted by atomic mass is 32.1. The Bertz CT molecular complexity index is 934. The summed E-state index contributed by atoms with van der Waals surface area (Å²) in [5, 5.41) is 5.00. The Balaban J connectivity index is 1.59. The molecular weight excluding hydrogens is 348 g/mol. The molecule has 0 bridgehead atoms. The highest BCUT2D eigenvalue weighted by molar-refractivity contribution is 7.10. The van der Waals surface area contributed by atoms with Gasteiger partial charge in [0.2, 0.25) is 5.91 Å². The number of para-hydroxylation sites is 2. The molecule has 0 unspecified atom stereocenters. The van der Waals surface area contributed by atoms with Crippen LogP contribution in [0.4, 0.5) is 0 Å². The SMILES string of the molecule is CN(C)[C@H](CNC(=O)CCc1nc2ccccc2[nH]c1=O)c1cccs1. The Morgan fingerprint density at radius 1 is 1.27 bits per heavy atom. The molecule has 0 aliphatic heterocycles. The molecular formula is C19H22N4O2S. The van der Waals surface area contributed by atoms with Crippen molar-refractivity contribution in [2.24, 2.45) is 0 Å². The first-order chi connectivity index (χ1) is 12.5. The van der Waals surface area contributed by atoms with Gasteiger partial charge in [0, 0.05) is 24.3 Å². The van der Waals surface area contributed by atoms with Gasteiger partial charge in [-0.3, -0.25) is 9.59 Å². The molecule has 6 nitrogen and oxygen atoms in total. The average Bonchev–Trinajstić information content (AvgIpc) is 3.14. The zero-order valence-corrected chi connectivity index (χ0v) is 15.7. The number of nitrogens with one attached hydrogen (secondary N) is 2. The van der Waals surface area contributed by atoms with E-state index in [9.17, 15) is 9.59 Å². The van der Waals surface area contributed by atoms with Gasteiger partial charge in [0.15, 0.2) is 0 Å². The monoisotopic (exact) mass is 370 g/mol. The molecule has 7 heteroatoms. The van der Waals surface area contributed by atoms with Gasteiger partial charge >= 0.3 is 0 Å². The first kappa shape index (κ1) is 18.3. The minimum atomic E-state index is -0.235. The van der Waals surface area contributed by atoms with Gasteiger partial charge in [0.05, 0.1) is 17.1 Å². The Morgan fingerprint density at radius 2 is 2.08 bits per heavy atom. The number of aryl methyl sites for hydroxylation is 1. The van der Waals surface area contributed by atoms with Gasteiger partial charge < -0.3 is 15.2 Å². The minimum absolute atomic E-state index is 0.0808. The topological polar surface area (TPSA) is 78.1 Å². The number of fused-ring (bicyclic) bond motifs is 1. The summed E-state index contributed by atoms with van der Waals surface area (Å²) in [5.74, 6) is -0.0808. The lowest BCUT2D eigenvalue weighted by atomic mass is 10.2. The van der Waals surface area contributed by atoms with Crippen LogP contribution in [0.2, 0.25) is 0 Å². The van der Waals surface area contributed by atoms with Gasteiger partial charge in [-0.25, -0.2) is 4.98 Å². The summed E-state index contributed by atoms with van der Waals surface area (Å²) >= 11 is 1.68. The summed E-state index contributed by atoms with van der Waals surface area (Å²) in [7, 11) is 3.99. The van der Waals surface area contributed by atoms with E-state index >= 15 is 0 Å². The molecule has 1 aromatic carbocycles. The summed E-state index contributed by atoms with van der Waals surface area (Å²) in [5.41, 5.74) is 1.59. The second-order valence-electron chi connectivity index (χ2n) is 6.33. The number of likely N-dealkylation sites (N-methyl/N-ethyl adjacent to an activating group) is 1. The predicted molar refractivity (Wildman–Crippen MR) is 104 cm³/mol. The lowest BCUT2D eigenvalue weighted by molar-refractivity contribution is -0.121. The number of aromatic amines is 1. The van der Waals surface area contributed by atoms with E-state index in [-0.39, 0.29) is 23.9 Å². The third-order valence-electron chi connectivity index (χ3n) is 4.25. The van der Waals surface area contributed by atoms with E-state index in [1.54, 1.807) is 11.3 Å². The van der Waals surface area contributed by atoms with E-state index in [0.717, 1.165) is 5.52 Å². The maximum atomic E-state index is 12.2. The fraction of sp³-hybridized carbons (Fsp3) is 0.316. The molecule has 0 spiro atoms. The maximum absolute atomic E-state index is 12.2. The van der Waals surface area contributed by atoms with E-state index in [1.165, 1.54) is 4.88 Å².